The lowest BCUT2D eigenvalue weighted by Crippen LogP contribution is -2.22. The molecule has 0 unspecified atom stereocenters. The van der Waals surface area contributed by atoms with E-state index >= 15 is 0 Å². The summed E-state index contributed by atoms with van der Waals surface area (Å²) in [6.07, 6.45) is 0. The Labute approximate surface area is 90.5 Å². The number of benzene rings is 1. The Kier molecular flexibility index (Phi) is 3.24. The lowest BCUT2D eigenvalue weighted by atomic mass is 10.2. The minimum atomic E-state index is -3.29. The molecule has 5 heteroatoms. The first-order valence-corrected chi connectivity index (χ1v) is 6.25. The van der Waals surface area contributed by atoms with Crippen molar-refractivity contribution in [3.8, 4) is 0 Å². The van der Waals surface area contributed by atoms with Crippen LogP contribution in [0.3, 0.4) is 0 Å². The third kappa shape index (κ3) is 2.86. The molecule has 1 aromatic rings. The van der Waals surface area contributed by atoms with E-state index in [1.807, 2.05) is 6.92 Å². The molecule has 1 rings (SSSR count). The number of rotatable bonds is 3. The fourth-order valence-corrected chi connectivity index (χ4v) is 1.68. The van der Waals surface area contributed by atoms with Crippen molar-refractivity contribution in [3.63, 3.8) is 0 Å². The Hall–Kier alpha value is -1.23. The molecule has 0 heterocycles. The topological polar surface area (TPSA) is 72.2 Å². The lowest BCUT2D eigenvalue weighted by molar-refractivity contribution is 0.593. The van der Waals surface area contributed by atoms with Gasteiger partial charge in [-0.15, -0.1) is 0 Å². The summed E-state index contributed by atoms with van der Waals surface area (Å²) >= 11 is 0. The van der Waals surface area contributed by atoms with Crippen molar-refractivity contribution in [2.75, 3.05) is 10.5 Å². The first-order valence-electron chi connectivity index (χ1n) is 4.70. The zero-order valence-electron chi connectivity index (χ0n) is 9.11. The Morgan fingerprint density at radius 2 is 1.93 bits per heavy atom. The largest absolute Gasteiger partial charge is 0.398 e. The average molecular weight is 228 g/mol. The summed E-state index contributed by atoms with van der Waals surface area (Å²) in [6, 6.07) is 5.11. The van der Waals surface area contributed by atoms with Crippen LogP contribution < -0.4 is 10.5 Å². The van der Waals surface area contributed by atoms with Crippen LogP contribution in [0.4, 0.5) is 11.4 Å². The normalized spacial score (nSPS) is 11.7. The molecule has 0 spiro atoms. The zero-order chi connectivity index (χ0) is 11.6. The van der Waals surface area contributed by atoms with Crippen LogP contribution in [0, 0.1) is 6.92 Å². The summed E-state index contributed by atoms with van der Waals surface area (Å²) in [6.45, 7) is 5.12. The molecule has 0 fully saturated rings. The van der Waals surface area contributed by atoms with E-state index < -0.39 is 15.3 Å². The van der Waals surface area contributed by atoms with Gasteiger partial charge < -0.3 is 5.73 Å². The van der Waals surface area contributed by atoms with E-state index in [4.69, 9.17) is 5.73 Å². The SMILES string of the molecule is Cc1ccc(NS(=O)(=O)C(C)C)cc1N. The van der Waals surface area contributed by atoms with Gasteiger partial charge in [0, 0.05) is 5.69 Å². The average Bonchev–Trinajstić information content (AvgIpc) is 2.10. The molecule has 3 N–H and O–H groups in total. The van der Waals surface area contributed by atoms with Crippen LogP contribution in [0.5, 0.6) is 0 Å². The molecule has 15 heavy (non-hydrogen) atoms. The Balaban J connectivity index is 2.96. The molecule has 0 atom stereocenters. The second-order valence-electron chi connectivity index (χ2n) is 3.77. The van der Waals surface area contributed by atoms with E-state index in [9.17, 15) is 8.42 Å². The molecule has 1 aromatic carbocycles. The second-order valence-corrected chi connectivity index (χ2v) is 6.00. The molecule has 0 amide bonds. The monoisotopic (exact) mass is 228 g/mol. The Morgan fingerprint density at radius 1 is 1.33 bits per heavy atom. The van der Waals surface area contributed by atoms with Crippen molar-refractivity contribution >= 4 is 21.4 Å². The predicted octanol–water partition coefficient (Wildman–Crippen LogP) is 1.73. The highest BCUT2D eigenvalue weighted by Gasteiger charge is 2.15. The third-order valence-electron chi connectivity index (χ3n) is 2.16. The van der Waals surface area contributed by atoms with E-state index in [0.717, 1.165) is 5.56 Å². The second kappa shape index (κ2) is 4.10. The maximum Gasteiger partial charge on any atom is 0.235 e. The molecular formula is C10H16N2O2S. The molecule has 0 aromatic heterocycles. The van der Waals surface area contributed by atoms with Gasteiger partial charge >= 0.3 is 0 Å². The number of nitrogens with one attached hydrogen (secondary N) is 1. The van der Waals surface area contributed by atoms with Gasteiger partial charge in [0.05, 0.1) is 10.9 Å². The van der Waals surface area contributed by atoms with Crippen LogP contribution in [-0.4, -0.2) is 13.7 Å². The summed E-state index contributed by atoms with van der Waals surface area (Å²) in [5.41, 5.74) is 7.70. The Morgan fingerprint density at radius 3 is 2.40 bits per heavy atom. The molecule has 0 aliphatic rings. The first kappa shape index (κ1) is 11.8. The molecule has 0 radical (unpaired) electrons. The van der Waals surface area contributed by atoms with Crippen molar-refractivity contribution in [2.45, 2.75) is 26.0 Å². The summed E-state index contributed by atoms with van der Waals surface area (Å²) in [5, 5.41) is -0.458. The van der Waals surface area contributed by atoms with Gasteiger partial charge in [-0.2, -0.15) is 0 Å². The van der Waals surface area contributed by atoms with Gasteiger partial charge in [0.2, 0.25) is 10.0 Å². The standard InChI is InChI=1S/C10H16N2O2S/c1-7(2)15(13,14)12-9-5-4-8(3)10(11)6-9/h4-7,12H,11H2,1-3H3. The minimum absolute atomic E-state index is 0.458. The third-order valence-corrected chi connectivity index (χ3v) is 3.92. The van der Waals surface area contributed by atoms with Gasteiger partial charge in [-0.3, -0.25) is 4.72 Å². The maximum absolute atomic E-state index is 11.5. The fourth-order valence-electron chi connectivity index (χ4n) is 0.986. The van der Waals surface area contributed by atoms with Crippen LogP contribution in [0.1, 0.15) is 19.4 Å². The van der Waals surface area contributed by atoms with Gasteiger partial charge in [0.25, 0.3) is 0 Å². The highest BCUT2D eigenvalue weighted by Crippen LogP contribution is 2.18. The quantitative estimate of drug-likeness (QED) is 0.774. The van der Waals surface area contributed by atoms with E-state index in [2.05, 4.69) is 4.72 Å². The number of nitrogen functional groups attached to an aromatic ring is 1. The summed E-state index contributed by atoms with van der Waals surface area (Å²) in [5.74, 6) is 0. The van der Waals surface area contributed by atoms with Crippen molar-refractivity contribution in [3.05, 3.63) is 23.8 Å². The van der Waals surface area contributed by atoms with Crippen LogP contribution in [0.25, 0.3) is 0 Å². The van der Waals surface area contributed by atoms with Crippen LogP contribution in [-0.2, 0) is 10.0 Å². The number of hydrogen-bond donors (Lipinski definition) is 2. The van der Waals surface area contributed by atoms with Gasteiger partial charge in [-0.25, -0.2) is 8.42 Å². The molecule has 0 saturated carbocycles. The zero-order valence-corrected chi connectivity index (χ0v) is 9.93. The van der Waals surface area contributed by atoms with E-state index in [-0.39, 0.29) is 0 Å². The predicted molar refractivity (Wildman–Crippen MR) is 63.3 cm³/mol. The van der Waals surface area contributed by atoms with E-state index in [0.29, 0.717) is 11.4 Å². The van der Waals surface area contributed by atoms with E-state index in [1.165, 1.54) is 0 Å². The number of sulfonamides is 1. The number of anilines is 2. The lowest BCUT2D eigenvalue weighted by Gasteiger charge is -2.11. The molecule has 0 aliphatic heterocycles. The number of aryl methyl sites for hydroxylation is 1. The van der Waals surface area contributed by atoms with Gasteiger partial charge in [0.1, 0.15) is 0 Å². The maximum atomic E-state index is 11.5. The molecule has 0 bridgehead atoms. The minimum Gasteiger partial charge on any atom is -0.398 e. The van der Waals surface area contributed by atoms with Gasteiger partial charge in [-0.1, -0.05) is 6.07 Å². The summed E-state index contributed by atoms with van der Waals surface area (Å²) in [7, 11) is -3.29. The van der Waals surface area contributed by atoms with Crippen molar-refractivity contribution < 1.29 is 8.42 Å². The number of hydrogen-bond acceptors (Lipinski definition) is 3. The highest BCUT2D eigenvalue weighted by molar-refractivity contribution is 7.93. The van der Waals surface area contributed by atoms with Crippen molar-refractivity contribution in [2.24, 2.45) is 0 Å². The summed E-state index contributed by atoms with van der Waals surface area (Å²) < 4.78 is 25.6. The van der Waals surface area contributed by atoms with Crippen LogP contribution >= 0.6 is 0 Å². The molecule has 0 aliphatic carbocycles. The van der Waals surface area contributed by atoms with E-state index in [1.54, 1.807) is 32.0 Å². The highest BCUT2D eigenvalue weighted by atomic mass is 32.2. The van der Waals surface area contributed by atoms with Gasteiger partial charge in [-0.05, 0) is 38.5 Å². The first-order chi connectivity index (χ1) is 6.83. The molecule has 84 valence electrons. The molecule has 4 nitrogen and oxygen atoms in total. The van der Waals surface area contributed by atoms with Gasteiger partial charge in [0.15, 0.2) is 0 Å². The van der Waals surface area contributed by atoms with Crippen molar-refractivity contribution in [1.29, 1.82) is 0 Å². The fraction of sp³-hybridized carbons (Fsp3) is 0.400. The van der Waals surface area contributed by atoms with Crippen LogP contribution in [0.15, 0.2) is 18.2 Å². The van der Waals surface area contributed by atoms with Crippen LogP contribution in [0.2, 0.25) is 0 Å². The summed E-state index contributed by atoms with van der Waals surface area (Å²) in [4.78, 5) is 0. The Bertz CT molecular complexity index is 452. The smallest absolute Gasteiger partial charge is 0.235 e. The molecular weight excluding hydrogens is 212 g/mol. The number of nitrogens with two attached hydrogens (primary N) is 1. The molecule has 0 saturated heterocycles. The van der Waals surface area contributed by atoms with Crippen molar-refractivity contribution in [1.82, 2.24) is 0 Å².